The summed E-state index contributed by atoms with van der Waals surface area (Å²) in [6, 6.07) is 0. The van der Waals surface area contributed by atoms with E-state index in [1.807, 2.05) is 0 Å². The smallest absolute Gasteiger partial charge is 0.307 e. The number of unbranched alkanes of at least 4 members (excludes halogenated alkanes) is 10. The Labute approximate surface area is 147 Å². The molecule has 24 heavy (non-hydrogen) atoms. The number of aliphatic carboxylic acids is 2. The summed E-state index contributed by atoms with van der Waals surface area (Å²) >= 11 is 0. The van der Waals surface area contributed by atoms with E-state index in [0.29, 0.717) is 6.42 Å². The molecule has 0 spiro atoms. The Morgan fingerprint density at radius 1 is 0.792 bits per heavy atom. The van der Waals surface area contributed by atoms with Crippen LogP contribution in [0.5, 0.6) is 0 Å². The number of hydrogen-bond donors (Lipinski definition) is 2. The molecule has 4 nitrogen and oxygen atoms in total. The van der Waals surface area contributed by atoms with Crippen molar-refractivity contribution in [3.63, 3.8) is 0 Å². The molecule has 0 aliphatic rings. The number of carboxylic acid groups (broad SMARTS) is 2. The lowest BCUT2D eigenvalue weighted by molar-refractivity contribution is -0.148. The normalized spacial score (nSPS) is 12.5. The van der Waals surface area contributed by atoms with E-state index < -0.39 is 17.9 Å². The van der Waals surface area contributed by atoms with Crippen LogP contribution < -0.4 is 0 Å². The molecule has 0 rings (SSSR count). The molecule has 0 aromatic heterocycles. The molecule has 0 aliphatic carbocycles. The van der Waals surface area contributed by atoms with Gasteiger partial charge in [-0.1, -0.05) is 70.4 Å². The summed E-state index contributed by atoms with van der Waals surface area (Å²) in [5.74, 6) is -2.75. The van der Waals surface area contributed by atoms with Gasteiger partial charge in [0.2, 0.25) is 0 Å². The van der Waals surface area contributed by atoms with E-state index in [9.17, 15) is 9.59 Å². The summed E-state index contributed by atoms with van der Waals surface area (Å²) in [6.07, 6.45) is 19.0. The minimum absolute atomic E-state index is 0.265. The van der Waals surface area contributed by atoms with Gasteiger partial charge in [-0.15, -0.1) is 0 Å². The molecule has 0 aromatic rings. The van der Waals surface area contributed by atoms with Crippen LogP contribution in [0.3, 0.4) is 0 Å². The predicted octanol–water partition coefficient (Wildman–Crippen LogP) is 5.81. The maximum Gasteiger partial charge on any atom is 0.307 e. The van der Waals surface area contributed by atoms with Crippen molar-refractivity contribution in [3.05, 3.63) is 12.2 Å². The van der Waals surface area contributed by atoms with Crippen molar-refractivity contribution in [1.29, 1.82) is 0 Å². The third-order valence-corrected chi connectivity index (χ3v) is 4.33. The molecule has 0 aliphatic heterocycles. The van der Waals surface area contributed by atoms with Crippen molar-refractivity contribution in [1.82, 2.24) is 0 Å². The van der Waals surface area contributed by atoms with Crippen LogP contribution in [0.1, 0.15) is 96.8 Å². The van der Waals surface area contributed by atoms with E-state index >= 15 is 0 Å². The molecule has 0 fully saturated rings. The van der Waals surface area contributed by atoms with E-state index in [0.717, 1.165) is 32.1 Å². The molecule has 2 N–H and O–H groups in total. The highest BCUT2D eigenvalue weighted by atomic mass is 16.4. The second-order valence-corrected chi connectivity index (χ2v) is 6.65. The monoisotopic (exact) mass is 340 g/mol. The SMILES string of the molecule is CCCCCCCC=CCCCCCCCC(CC(=O)O)C(=O)O. The van der Waals surface area contributed by atoms with Gasteiger partial charge in [0.15, 0.2) is 0 Å². The van der Waals surface area contributed by atoms with Gasteiger partial charge in [-0.05, 0) is 32.1 Å². The quantitative estimate of drug-likeness (QED) is 0.259. The van der Waals surface area contributed by atoms with Crippen LogP contribution >= 0.6 is 0 Å². The molecule has 140 valence electrons. The fourth-order valence-corrected chi connectivity index (χ4v) is 2.81. The number of hydrogen-bond acceptors (Lipinski definition) is 2. The maximum atomic E-state index is 10.9. The molecule has 1 unspecified atom stereocenters. The molecule has 0 saturated heterocycles. The van der Waals surface area contributed by atoms with E-state index in [4.69, 9.17) is 10.2 Å². The van der Waals surface area contributed by atoms with Crippen LogP contribution in [-0.4, -0.2) is 22.2 Å². The first-order chi connectivity index (χ1) is 11.6. The van der Waals surface area contributed by atoms with E-state index in [2.05, 4.69) is 19.1 Å². The van der Waals surface area contributed by atoms with Gasteiger partial charge in [0.25, 0.3) is 0 Å². The van der Waals surface area contributed by atoms with Crippen LogP contribution in [0, 0.1) is 5.92 Å². The molecule has 0 radical (unpaired) electrons. The first-order valence-electron chi connectivity index (χ1n) is 9.67. The van der Waals surface area contributed by atoms with Gasteiger partial charge in [-0.2, -0.15) is 0 Å². The van der Waals surface area contributed by atoms with Gasteiger partial charge in [0.05, 0.1) is 12.3 Å². The van der Waals surface area contributed by atoms with Crippen LogP contribution in [-0.2, 0) is 9.59 Å². The minimum Gasteiger partial charge on any atom is -0.481 e. The third-order valence-electron chi connectivity index (χ3n) is 4.33. The average molecular weight is 341 g/mol. The summed E-state index contributed by atoms with van der Waals surface area (Å²) in [4.78, 5) is 21.5. The molecule has 0 amide bonds. The Bertz CT molecular complexity index is 350. The topological polar surface area (TPSA) is 74.6 Å². The number of allylic oxidation sites excluding steroid dienone is 2. The second kappa shape index (κ2) is 16.5. The fourth-order valence-electron chi connectivity index (χ4n) is 2.81. The minimum atomic E-state index is -1.03. The Kier molecular flexibility index (Phi) is 15.6. The summed E-state index contributed by atoms with van der Waals surface area (Å²) in [6.45, 7) is 2.24. The van der Waals surface area contributed by atoms with Gasteiger partial charge < -0.3 is 10.2 Å². The van der Waals surface area contributed by atoms with Gasteiger partial charge >= 0.3 is 11.9 Å². The van der Waals surface area contributed by atoms with E-state index in [1.54, 1.807) is 0 Å². The van der Waals surface area contributed by atoms with Gasteiger partial charge in [0, 0.05) is 0 Å². The van der Waals surface area contributed by atoms with Crippen molar-refractivity contribution in [3.8, 4) is 0 Å². The lowest BCUT2D eigenvalue weighted by Crippen LogP contribution is -2.17. The number of rotatable bonds is 17. The van der Waals surface area contributed by atoms with Crippen molar-refractivity contribution >= 4 is 11.9 Å². The molecule has 0 heterocycles. The van der Waals surface area contributed by atoms with E-state index in [1.165, 1.54) is 44.9 Å². The molecule has 0 aromatic carbocycles. The zero-order valence-corrected chi connectivity index (χ0v) is 15.3. The fraction of sp³-hybridized carbons (Fsp3) is 0.800. The van der Waals surface area contributed by atoms with Crippen LogP contribution in [0.2, 0.25) is 0 Å². The van der Waals surface area contributed by atoms with Gasteiger partial charge in [-0.25, -0.2) is 0 Å². The Morgan fingerprint density at radius 3 is 1.79 bits per heavy atom. The lowest BCUT2D eigenvalue weighted by atomic mass is 9.97. The third kappa shape index (κ3) is 15.6. The average Bonchev–Trinajstić information content (AvgIpc) is 2.53. The summed E-state index contributed by atoms with van der Waals surface area (Å²) in [5.41, 5.74) is 0. The molecular formula is C20H36O4. The highest BCUT2D eigenvalue weighted by Crippen LogP contribution is 2.16. The first-order valence-corrected chi connectivity index (χ1v) is 9.67. The van der Waals surface area contributed by atoms with Crippen LogP contribution in [0.15, 0.2) is 12.2 Å². The number of carboxylic acids is 2. The highest BCUT2D eigenvalue weighted by molar-refractivity contribution is 5.77. The maximum absolute atomic E-state index is 10.9. The Hall–Kier alpha value is -1.32. The van der Waals surface area contributed by atoms with Crippen molar-refractivity contribution < 1.29 is 19.8 Å². The van der Waals surface area contributed by atoms with Crippen LogP contribution in [0.4, 0.5) is 0 Å². The van der Waals surface area contributed by atoms with Crippen LogP contribution in [0.25, 0.3) is 0 Å². The lowest BCUT2D eigenvalue weighted by Gasteiger charge is -2.09. The van der Waals surface area contributed by atoms with Crippen molar-refractivity contribution in [2.45, 2.75) is 96.8 Å². The summed E-state index contributed by atoms with van der Waals surface area (Å²) in [5, 5.41) is 17.6. The highest BCUT2D eigenvalue weighted by Gasteiger charge is 2.19. The molecule has 0 bridgehead atoms. The number of carbonyl (C=O) groups is 2. The molecule has 1 atom stereocenters. The first kappa shape index (κ1) is 22.7. The standard InChI is InChI=1S/C20H36O4/c1-2-3-4-5-6-7-8-9-10-11-12-13-14-15-16-18(20(23)24)17-19(21)22/h8-9,18H,2-7,10-17H2,1H3,(H,21,22)(H,23,24). The summed E-state index contributed by atoms with van der Waals surface area (Å²) in [7, 11) is 0. The van der Waals surface area contributed by atoms with E-state index in [-0.39, 0.29) is 6.42 Å². The van der Waals surface area contributed by atoms with Gasteiger partial charge in [-0.3, -0.25) is 9.59 Å². The Balaban J connectivity index is 3.41. The Morgan fingerprint density at radius 2 is 1.29 bits per heavy atom. The molecular weight excluding hydrogens is 304 g/mol. The van der Waals surface area contributed by atoms with Gasteiger partial charge in [0.1, 0.15) is 0 Å². The van der Waals surface area contributed by atoms with Crippen molar-refractivity contribution in [2.75, 3.05) is 0 Å². The predicted molar refractivity (Wildman–Crippen MR) is 98.2 cm³/mol. The molecule has 4 heteroatoms. The molecule has 0 saturated carbocycles. The largest absolute Gasteiger partial charge is 0.481 e. The zero-order chi connectivity index (χ0) is 18.0. The summed E-state index contributed by atoms with van der Waals surface area (Å²) < 4.78 is 0. The zero-order valence-electron chi connectivity index (χ0n) is 15.3. The van der Waals surface area contributed by atoms with Crippen molar-refractivity contribution in [2.24, 2.45) is 5.92 Å². The second-order valence-electron chi connectivity index (χ2n) is 6.65.